The lowest BCUT2D eigenvalue weighted by Gasteiger charge is -2.16. The van der Waals surface area contributed by atoms with Crippen LogP contribution in [0.2, 0.25) is 0 Å². The molecule has 1 aliphatic rings. The van der Waals surface area contributed by atoms with Crippen molar-refractivity contribution in [1.82, 2.24) is 4.68 Å². The summed E-state index contributed by atoms with van der Waals surface area (Å²) in [5, 5.41) is 0. The number of carbonyl (C=O) groups excluding carboxylic acids is 2. The first-order valence-corrected chi connectivity index (χ1v) is 12.0. The largest absolute Gasteiger partial charge is 0.288 e. The van der Waals surface area contributed by atoms with E-state index in [0.29, 0.717) is 22.4 Å². The maximum Gasteiger partial charge on any atom is 0.270 e. The fraction of sp³-hybridized carbons (Fsp3) is 0. The van der Waals surface area contributed by atoms with Crippen molar-refractivity contribution in [2.45, 2.75) is 0 Å². The van der Waals surface area contributed by atoms with Crippen molar-refractivity contribution in [3.05, 3.63) is 130 Å². The van der Waals surface area contributed by atoms with E-state index in [1.165, 1.54) is 0 Å². The van der Waals surface area contributed by atoms with E-state index in [4.69, 9.17) is 0 Å². The van der Waals surface area contributed by atoms with E-state index in [1.807, 2.05) is 97.1 Å². The summed E-state index contributed by atoms with van der Waals surface area (Å²) in [7, 11) is 0. The first-order valence-electron chi connectivity index (χ1n) is 11.2. The normalized spacial score (nSPS) is 11.7. The summed E-state index contributed by atoms with van der Waals surface area (Å²) >= 11 is 3.51. The van der Waals surface area contributed by atoms with Crippen LogP contribution in [0.4, 0.5) is 0 Å². The van der Waals surface area contributed by atoms with Gasteiger partial charge in [-0.05, 0) is 29.8 Å². The van der Waals surface area contributed by atoms with E-state index in [0.717, 1.165) is 32.4 Å². The van der Waals surface area contributed by atoms with Crippen LogP contribution in [0, 0.1) is 0 Å². The van der Waals surface area contributed by atoms with Gasteiger partial charge >= 0.3 is 0 Å². The molecule has 168 valence electrons. The van der Waals surface area contributed by atoms with Crippen LogP contribution in [0.1, 0.15) is 26.3 Å². The quantitative estimate of drug-likeness (QED) is 0.268. The van der Waals surface area contributed by atoms with Crippen molar-refractivity contribution in [3.8, 4) is 33.6 Å². The Kier molecular flexibility index (Phi) is 5.20. The summed E-state index contributed by atoms with van der Waals surface area (Å²) in [6.07, 6.45) is 0. The fourth-order valence-electron chi connectivity index (χ4n) is 4.71. The van der Waals surface area contributed by atoms with Gasteiger partial charge in [-0.15, -0.1) is 0 Å². The first-order chi connectivity index (χ1) is 17.1. The molecule has 0 aliphatic heterocycles. The average Bonchev–Trinajstić information content (AvgIpc) is 3.38. The molecule has 1 amide bonds. The van der Waals surface area contributed by atoms with Crippen LogP contribution < -0.4 is 5.43 Å². The van der Waals surface area contributed by atoms with Crippen LogP contribution in [0.5, 0.6) is 0 Å². The third-order valence-corrected chi connectivity index (χ3v) is 6.78. The lowest BCUT2D eigenvalue weighted by molar-refractivity contribution is 0.101. The molecule has 5 aromatic rings. The second-order valence-corrected chi connectivity index (χ2v) is 9.25. The molecule has 4 aromatic carbocycles. The summed E-state index contributed by atoms with van der Waals surface area (Å²) in [6, 6.07) is 34.4. The molecule has 0 spiro atoms. The van der Waals surface area contributed by atoms with Crippen LogP contribution in [0.25, 0.3) is 33.6 Å². The maximum absolute atomic E-state index is 13.8. The molecular weight excluding hydrogens is 500 g/mol. The second kappa shape index (κ2) is 8.53. The zero-order chi connectivity index (χ0) is 23.9. The van der Waals surface area contributed by atoms with E-state index >= 15 is 0 Å². The number of nitrogens with zero attached hydrogens (tertiary/aromatic N) is 1. The highest BCUT2D eigenvalue weighted by Crippen LogP contribution is 2.48. The Morgan fingerprint density at radius 2 is 1.23 bits per heavy atom. The van der Waals surface area contributed by atoms with Crippen LogP contribution in [0.3, 0.4) is 0 Å². The van der Waals surface area contributed by atoms with Gasteiger partial charge < -0.3 is 0 Å². The summed E-state index contributed by atoms with van der Waals surface area (Å²) in [4.78, 5) is 27.1. The number of aromatic nitrogens is 1. The Bertz CT molecular complexity index is 1590. The van der Waals surface area contributed by atoms with E-state index < -0.39 is 0 Å². The van der Waals surface area contributed by atoms with Crippen molar-refractivity contribution >= 4 is 27.6 Å². The molecule has 6 rings (SSSR count). The zero-order valence-corrected chi connectivity index (χ0v) is 20.1. The van der Waals surface area contributed by atoms with Gasteiger partial charge in [0.1, 0.15) is 0 Å². The third kappa shape index (κ3) is 3.52. The lowest BCUT2D eigenvalue weighted by atomic mass is 9.96. The zero-order valence-electron chi connectivity index (χ0n) is 18.5. The standard InChI is InChI=1S/C30H19BrN2O2/c31-22-17-15-19(16-18-22)25-26-28(23-13-7-8-14-24(23)29(26)34)33(27(25)20-9-3-1-4-10-20)32-30(35)21-11-5-2-6-12-21/h1-18H,(H,32,35). The fourth-order valence-corrected chi connectivity index (χ4v) is 4.97. The van der Waals surface area contributed by atoms with Gasteiger partial charge in [-0.25, -0.2) is 0 Å². The minimum atomic E-state index is -0.250. The Labute approximate surface area is 211 Å². The highest BCUT2D eigenvalue weighted by molar-refractivity contribution is 9.10. The number of benzene rings is 4. The average molecular weight is 519 g/mol. The van der Waals surface area contributed by atoms with Crippen LogP contribution in [-0.4, -0.2) is 16.4 Å². The third-order valence-electron chi connectivity index (χ3n) is 6.25. The lowest BCUT2D eigenvalue weighted by Crippen LogP contribution is -2.24. The molecule has 35 heavy (non-hydrogen) atoms. The SMILES string of the molecule is O=C(Nn1c2c(c(-c3ccc(Br)cc3)c1-c1ccccc1)C(=O)c1ccccc1-2)c1ccccc1. The summed E-state index contributed by atoms with van der Waals surface area (Å²) in [5.41, 5.74) is 9.76. The van der Waals surface area contributed by atoms with Gasteiger partial charge in [0, 0.05) is 32.3 Å². The predicted molar refractivity (Wildman–Crippen MR) is 142 cm³/mol. The maximum atomic E-state index is 13.8. The Hall–Kier alpha value is -4.22. The molecule has 1 heterocycles. The summed E-state index contributed by atoms with van der Waals surface area (Å²) in [6.45, 7) is 0. The number of rotatable bonds is 4. The van der Waals surface area contributed by atoms with Gasteiger partial charge in [0.05, 0.1) is 17.0 Å². The van der Waals surface area contributed by atoms with Gasteiger partial charge in [-0.2, -0.15) is 0 Å². The summed E-state index contributed by atoms with van der Waals surface area (Å²) < 4.78 is 2.74. The van der Waals surface area contributed by atoms with Gasteiger partial charge in [0.2, 0.25) is 0 Å². The number of hydrogen-bond donors (Lipinski definition) is 1. The number of ketones is 1. The highest BCUT2D eigenvalue weighted by atomic mass is 79.9. The molecule has 0 fully saturated rings. The number of hydrogen-bond acceptors (Lipinski definition) is 2. The number of carbonyl (C=O) groups is 2. The molecular formula is C30H19BrN2O2. The highest BCUT2D eigenvalue weighted by Gasteiger charge is 2.37. The molecule has 0 saturated heterocycles. The summed E-state index contributed by atoms with van der Waals surface area (Å²) in [5.74, 6) is -0.293. The van der Waals surface area contributed by atoms with Gasteiger partial charge in [0.15, 0.2) is 5.78 Å². The Balaban J connectivity index is 1.68. The van der Waals surface area contributed by atoms with Crippen molar-refractivity contribution in [2.75, 3.05) is 5.43 Å². The van der Waals surface area contributed by atoms with Crippen LogP contribution in [-0.2, 0) is 0 Å². The number of fused-ring (bicyclic) bond motifs is 3. The smallest absolute Gasteiger partial charge is 0.270 e. The predicted octanol–water partition coefficient (Wildman–Crippen LogP) is 7.18. The van der Waals surface area contributed by atoms with Crippen molar-refractivity contribution in [2.24, 2.45) is 0 Å². The molecule has 1 aromatic heterocycles. The Morgan fingerprint density at radius 3 is 1.91 bits per heavy atom. The minimum Gasteiger partial charge on any atom is -0.288 e. The van der Waals surface area contributed by atoms with Crippen LogP contribution >= 0.6 is 15.9 Å². The first kappa shape index (κ1) is 21.3. The van der Waals surface area contributed by atoms with Gasteiger partial charge in [-0.3, -0.25) is 19.7 Å². The van der Waals surface area contributed by atoms with Crippen molar-refractivity contribution in [1.29, 1.82) is 0 Å². The van der Waals surface area contributed by atoms with E-state index in [-0.39, 0.29) is 11.7 Å². The number of amides is 1. The molecule has 0 bridgehead atoms. The molecule has 4 nitrogen and oxygen atoms in total. The minimum absolute atomic E-state index is 0.0431. The molecule has 0 radical (unpaired) electrons. The topological polar surface area (TPSA) is 51.1 Å². The van der Waals surface area contributed by atoms with Gasteiger partial charge in [0.25, 0.3) is 5.91 Å². The number of nitrogens with one attached hydrogen (secondary N) is 1. The van der Waals surface area contributed by atoms with E-state index in [9.17, 15) is 9.59 Å². The van der Waals surface area contributed by atoms with Crippen molar-refractivity contribution in [3.63, 3.8) is 0 Å². The monoisotopic (exact) mass is 518 g/mol. The molecule has 0 atom stereocenters. The van der Waals surface area contributed by atoms with Crippen molar-refractivity contribution < 1.29 is 9.59 Å². The number of halogens is 1. The molecule has 0 unspecified atom stereocenters. The molecule has 5 heteroatoms. The Morgan fingerprint density at radius 1 is 0.629 bits per heavy atom. The van der Waals surface area contributed by atoms with E-state index in [2.05, 4.69) is 21.4 Å². The van der Waals surface area contributed by atoms with Gasteiger partial charge in [-0.1, -0.05) is 101 Å². The van der Waals surface area contributed by atoms with Crippen LogP contribution in [0.15, 0.2) is 114 Å². The van der Waals surface area contributed by atoms with E-state index in [1.54, 1.807) is 16.8 Å². The molecule has 1 aliphatic carbocycles. The molecule has 1 N–H and O–H groups in total. The second-order valence-electron chi connectivity index (χ2n) is 8.34. The molecule has 0 saturated carbocycles.